The van der Waals surface area contributed by atoms with Crippen molar-refractivity contribution in [2.45, 2.75) is 11.3 Å². The third kappa shape index (κ3) is 6.67. The number of aromatic nitrogens is 2. The Morgan fingerprint density at radius 3 is 2.28 bits per heavy atom. The van der Waals surface area contributed by atoms with Gasteiger partial charge in [-0.25, -0.2) is 4.98 Å². The van der Waals surface area contributed by atoms with Crippen molar-refractivity contribution >= 4 is 34.2 Å². The number of nitrogen functional groups attached to an aromatic ring is 3. The minimum Gasteiger partial charge on any atom is -0.768 e. The number of ether oxygens (including phenoxy) is 3. The fourth-order valence-corrected chi connectivity index (χ4v) is 4.38. The summed E-state index contributed by atoms with van der Waals surface area (Å²) in [5, 5.41) is 3.32. The van der Waals surface area contributed by atoms with Crippen LogP contribution in [0.15, 0.2) is 65.7 Å². The topological polar surface area (TPSA) is 184 Å². The van der Waals surface area contributed by atoms with E-state index in [2.05, 4.69) is 15.3 Å². The first kappa shape index (κ1) is 27.5. The lowest BCUT2D eigenvalue weighted by Gasteiger charge is -2.18. The maximum absolute atomic E-state index is 11.5. The van der Waals surface area contributed by atoms with Gasteiger partial charge in [0.05, 0.1) is 14.2 Å². The van der Waals surface area contributed by atoms with Crippen molar-refractivity contribution in [3.05, 3.63) is 71.9 Å². The first-order valence-electron chi connectivity index (χ1n) is 11.9. The van der Waals surface area contributed by atoms with Crippen LogP contribution in [-0.4, -0.2) is 46.1 Å². The Balaban J connectivity index is 1.49. The lowest BCUT2D eigenvalue weighted by atomic mass is 10.0. The number of anilines is 4. The van der Waals surface area contributed by atoms with Crippen LogP contribution in [0.1, 0.15) is 11.1 Å². The van der Waals surface area contributed by atoms with Gasteiger partial charge in [-0.15, -0.1) is 0 Å². The van der Waals surface area contributed by atoms with Gasteiger partial charge < -0.3 is 41.3 Å². The third-order valence-corrected chi connectivity index (χ3v) is 6.54. The average Bonchev–Trinajstić information content (AvgIpc) is 2.93. The Kier molecular flexibility index (Phi) is 8.69. The van der Waals surface area contributed by atoms with Crippen LogP contribution in [0.2, 0.25) is 0 Å². The van der Waals surface area contributed by atoms with Crippen LogP contribution in [0.4, 0.5) is 23.1 Å². The third-order valence-electron chi connectivity index (χ3n) is 5.90. The van der Waals surface area contributed by atoms with E-state index in [9.17, 15) is 8.76 Å². The highest BCUT2D eigenvalue weighted by Crippen LogP contribution is 2.39. The number of rotatable bonds is 11. The maximum Gasteiger partial charge on any atom is 0.221 e. The molecule has 1 aromatic heterocycles. The van der Waals surface area contributed by atoms with Gasteiger partial charge in [-0.2, -0.15) is 4.98 Å². The lowest BCUT2D eigenvalue weighted by molar-refractivity contribution is 0.284. The molecule has 0 amide bonds. The van der Waals surface area contributed by atoms with Crippen molar-refractivity contribution in [3.8, 4) is 28.4 Å². The van der Waals surface area contributed by atoms with Crippen molar-refractivity contribution in [3.63, 3.8) is 0 Å². The van der Waals surface area contributed by atoms with Gasteiger partial charge in [-0.3, -0.25) is 4.21 Å². The van der Waals surface area contributed by atoms with E-state index < -0.39 is 11.1 Å². The van der Waals surface area contributed by atoms with Crippen LogP contribution in [-0.2, 0) is 17.5 Å². The minimum atomic E-state index is -2.36. The second-order valence-corrected chi connectivity index (χ2v) is 9.43. The monoisotopic (exact) mass is 549 g/mol. The molecule has 4 rings (SSSR count). The molecule has 0 radical (unpaired) electrons. The van der Waals surface area contributed by atoms with Gasteiger partial charge in [0.1, 0.15) is 12.4 Å². The Hall–Kier alpha value is -4.55. The average molecular weight is 550 g/mol. The largest absolute Gasteiger partial charge is 0.768 e. The summed E-state index contributed by atoms with van der Waals surface area (Å²) in [5.41, 5.74) is 21.9. The normalized spacial score (nSPS) is 11.6. The molecular weight excluding hydrogens is 520 g/mol. The van der Waals surface area contributed by atoms with Crippen molar-refractivity contribution in [2.24, 2.45) is 0 Å². The van der Waals surface area contributed by atoms with Gasteiger partial charge in [-0.05, 0) is 64.7 Å². The molecule has 39 heavy (non-hydrogen) atoms. The number of methoxy groups -OCH3 is 2. The van der Waals surface area contributed by atoms with Crippen molar-refractivity contribution in [1.82, 2.24) is 9.97 Å². The van der Waals surface area contributed by atoms with E-state index in [0.29, 0.717) is 41.7 Å². The number of hydrogen-bond donors (Lipinski definition) is 4. The van der Waals surface area contributed by atoms with E-state index in [-0.39, 0.29) is 17.5 Å². The molecule has 1 heterocycles. The van der Waals surface area contributed by atoms with Gasteiger partial charge in [0.25, 0.3) is 0 Å². The van der Waals surface area contributed by atoms with E-state index in [1.54, 1.807) is 44.7 Å². The van der Waals surface area contributed by atoms with Crippen LogP contribution >= 0.6 is 0 Å². The smallest absolute Gasteiger partial charge is 0.221 e. The predicted molar refractivity (Wildman–Crippen MR) is 151 cm³/mol. The van der Waals surface area contributed by atoms with E-state index >= 15 is 0 Å². The van der Waals surface area contributed by atoms with Gasteiger partial charge in [0.15, 0.2) is 11.5 Å². The van der Waals surface area contributed by atoms with Gasteiger partial charge in [-0.1, -0.05) is 12.1 Å². The first-order valence-corrected chi connectivity index (χ1v) is 12.9. The molecule has 12 heteroatoms. The Morgan fingerprint density at radius 1 is 0.974 bits per heavy atom. The van der Waals surface area contributed by atoms with Crippen molar-refractivity contribution < 1.29 is 23.0 Å². The highest BCUT2D eigenvalue weighted by Gasteiger charge is 2.16. The highest BCUT2D eigenvalue weighted by atomic mass is 32.2. The number of nitrogens with zero attached hydrogens (tertiary/aromatic N) is 2. The number of nitrogens with two attached hydrogens (primary N) is 3. The summed E-state index contributed by atoms with van der Waals surface area (Å²) in [4.78, 5) is 8.20. The first-order chi connectivity index (χ1) is 18.8. The molecule has 0 spiro atoms. The Bertz CT molecular complexity index is 1460. The predicted octanol–water partition coefficient (Wildman–Crippen LogP) is 3.23. The zero-order valence-electron chi connectivity index (χ0n) is 21.5. The standard InChI is InChI=1S/C27H30N6O5S/c1-36-23-12-16(11-18-15-32-27(30)33-26(18)29)13-24(37-2)25(23)38-10-9-31-22-8-7-20(39(34)35)14-21(22)17-3-5-19(28)6-4-17/h3-8,12-15,31H,9-11,28H2,1-2H3,(H,34,35)(H4,29,30,32,33)/p-1. The maximum atomic E-state index is 11.5. The molecule has 11 nitrogen and oxygen atoms in total. The lowest BCUT2D eigenvalue weighted by Crippen LogP contribution is -2.13. The summed E-state index contributed by atoms with van der Waals surface area (Å²) in [6.07, 6.45) is 2.03. The van der Waals surface area contributed by atoms with Crippen LogP contribution in [0, 0.1) is 0 Å². The summed E-state index contributed by atoms with van der Waals surface area (Å²) in [6, 6.07) is 15.7. The zero-order chi connectivity index (χ0) is 27.9. The molecule has 7 N–H and O–H groups in total. The molecule has 0 saturated heterocycles. The molecule has 1 atom stereocenters. The second-order valence-electron chi connectivity index (χ2n) is 8.48. The molecule has 3 aromatic carbocycles. The van der Waals surface area contributed by atoms with Gasteiger partial charge in [0.2, 0.25) is 11.7 Å². The van der Waals surface area contributed by atoms with Crippen molar-refractivity contribution in [1.29, 1.82) is 0 Å². The molecule has 0 aliphatic heterocycles. The SMILES string of the molecule is COc1cc(Cc2cnc(N)nc2N)cc(OC)c1OCCNc1ccc(S(=O)[O-])cc1-c1ccc(N)cc1. The van der Waals surface area contributed by atoms with Crippen LogP contribution in [0.5, 0.6) is 17.2 Å². The summed E-state index contributed by atoms with van der Waals surface area (Å²) < 4.78 is 40.3. The zero-order valence-corrected chi connectivity index (χ0v) is 22.3. The van der Waals surface area contributed by atoms with Crippen LogP contribution < -0.4 is 36.7 Å². The molecule has 0 aliphatic carbocycles. The van der Waals surface area contributed by atoms with E-state index in [0.717, 1.165) is 27.9 Å². The fourth-order valence-electron chi connectivity index (χ4n) is 3.99. The summed E-state index contributed by atoms with van der Waals surface area (Å²) in [6.45, 7) is 0.677. The molecule has 4 aromatic rings. The number of benzene rings is 3. The van der Waals surface area contributed by atoms with Crippen LogP contribution in [0.25, 0.3) is 11.1 Å². The van der Waals surface area contributed by atoms with E-state index in [1.165, 1.54) is 6.07 Å². The second kappa shape index (κ2) is 12.3. The quantitative estimate of drug-likeness (QED) is 0.122. The van der Waals surface area contributed by atoms with Gasteiger partial charge >= 0.3 is 0 Å². The molecule has 1 unspecified atom stereocenters. The summed E-state index contributed by atoms with van der Waals surface area (Å²) in [7, 11) is 3.09. The Morgan fingerprint density at radius 2 is 1.67 bits per heavy atom. The van der Waals surface area contributed by atoms with E-state index in [1.807, 2.05) is 24.3 Å². The number of hydrogen-bond acceptors (Lipinski definition) is 11. The highest BCUT2D eigenvalue weighted by molar-refractivity contribution is 7.79. The molecule has 0 bridgehead atoms. The molecule has 0 fully saturated rings. The van der Waals surface area contributed by atoms with Crippen LogP contribution in [0.3, 0.4) is 0 Å². The van der Waals surface area contributed by atoms with Crippen molar-refractivity contribution in [2.75, 3.05) is 49.9 Å². The molecule has 0 saturated carbocycles. The van der Waals surface area contributed by atoms with Gasteiger partial charge in [0, 0.05) is 46.6 Å². The fraction of sp³-hybridized carbons (Fsp3) is 0.185. The molecule has 204 valence electrons. The molecular formula is C27H29N6O5S-. The summed E-state index contributed by atoms with van der Waals surface area (Å²) in [5.74, 6) is 1.84. The number of nitrogens with one attached hydrogen (secondary N) is 1. The minimum absolute atomic E-state index is 0.112. The Labute approximate surface area is 228 Å². The summed E-state index contributed by atoms with van der Waals surface area (Å²) >= 11 is -2.36. The van der Waals surface area contributed by atoms with E-state index in [4.69, 9.17) is 31.4 Å². The molecule has 0 aliphatic rings.